The number of aromatic nitrogens is 3. The lowest BCUT2D eigenvalue weighted by molar-refractivity contribution is -0.142. The molecule has 35 heavy (non-hydrogen) atoms. The van der Waals surface area contributed by atoms with Gasteiger partial charge in [-0.1, -0.05) is 24.0 Å². The van der Waals surface area contributed by atoms with Crippen LogP contribution in [0.25, 0.3) is 16.9 Å². The molecule has 0 fully saturated rings. The molecule has 178 valence electrons. The van der Waals surface area contributed by atoms with Crippen LogP contribution in [0.15, 0.2) is 60.8 Å². The van der Waals surface area contributed by atoms with Gasteiger partial charge in [0, 0.05) is 23.7 Å². The minimum Gasteiger partial charge on any atom is -0.326 e. The summed E-state index contributed by atoms with van der Waals surface area (Å²) in [6.45, 7) is 1.36. The molecule has 0 atom stereocenters. The van der Waals surface area contributed by atoms with E-state index in [1.54, 1.807) is 24.3 Å². The van der Waals surface area contributed by atoms with Gasteiger partial charge in [0.1, 0.15) is 0 Å². The number of carbonyl (C=O) groups excluding carboxylic acids is 1. The lowest BCUT2D eigenvalue weighted by Crippen LogP contribution is -2.13. The molecule has 0 spiro atoms. The van der Waals surface area contributed by atoms with Crippen LogP contribution in [0.5, 0.6) is 0 Å². The molecule has 1 N–H and O–H groups in total. The van der Waals surface area contributed by atoms with E-state index >= 15 is 0 Å². The quantitative estimate of drug-likeness (QED) is 0.287. The maximum Gasteiger partial charge on any atom is 0.433 e. The van der Waals surface area contributed by atoms with Gasteiger partial charge in [-0.15, -0.1) is 0 Å². The minimum atomic E-state index is -4.81. The Labute approximate surface area is 194 Å². The Hall–Kier alpha value is -4.33. The zero-order chi connectivity index (χ0) is 25.4. The smallest absolute Gasteiger partial charge is 0.326 e. The number of anilines is 1. The SMILES string of the molecule is CC(=O)Nc1ccc(C#Cc2cnn3c(C(F)(F)F)cc(-c4ccc(C(F)(F)F)cc4)nc23)cc1. The Kier molecular flexibility index (Phi) is 5.98. The molecular weight excluding hydrogens is 474 g/mol. The molecule has 2 aromatic heterocycles. The topological polar surface area (TPSA) is 59.3 Å². The van der Waals surface area contributed by atoms with E-state index in [1.807, 2.05) is 0 Å². The summed E-state index contributed by atoms with van der Waals surface area (Å²) in [7, 11) is 0. The van der Waals surface area contributed by atoms with Gasteiger partial charge in [-0.3, -0.25) is 4.79 Å². The fraction of sp³-hybridized carbons (Fsp3) is 0.125. The number of benzene rings is 2. The Morgan fingerprint density at radius 1 is 0.914 bits per heavy atom. The summed E-state index contributed by atoms with van der Waals surface area (Å²) in [5.41, 5.74) is -1.22. The van der Waals surface area contributed by atoms with Crippen molar-refractivity contribution in [2.45, 2.75) is 19.3 Å². The van der Waals surface area contributed by atoms with Crippen molar-refractivity contribution in [3.05, 3.63) is 83.2 Å². The first kappa shape index (κ1) is 23.8. The number of hydrogen-bond acceptors (Lipinski definition) is 3. The largest absolute Gasteiger partial charge is 0.433 e. The molecule has 11 heteroatoms. The van der Waals surface area contributed by atoms with Crippen LogP contribution in [0.3, 0.4) is 0 Å². The predicted octanol–water partition coefficient (Wildman–Crippen LogP) is 5.79. The molecule has 0 bridgehead atoms. The van der Waals surface area contributed by atoms with Crippen molar-refractivity contribution in [2.75, 3.05) is 5.32 Å². The zero-order valence-corrected chi connectivity index (χ0v) is 17.8. The molecule has 2 heterocycles. The second-order valence-corrected chi connectivity index (χ2v) is 7.40. The van der Waals surface area contributed by atoms with Crippen molar-refractivity contribution in [3.63, 3.8) is 0 Å². The molecule has 4 aromatic rings. The highest BCUT2D eigenvalue weighted by molar-refractivity contribution is 5.88. The van der Waals surface area contributed by atoms with Crippen molar-refractivity contribution in [1.82, 2.24) is 14.6 Å². The summed E-state index contributed by atoms with van der Waals surface area (Å²) in [6, 6.07) is 10.8. The van der Waals surface area contributed by atoms with Gasteiger partial charge in [0.2, 0.25) is 5.91 Å². The number of fused-ring (bicyclic) bond motifs is 1. The molecule has 1 amide bonds. The molecule has 0 aliphatic carbocycles. The summed E-state index contributed by atoms with van der Waals surface area (Å²) >= 11 is 0. The minimum absolute atomic E-state index is 0.0691. The maximum absolute atomic E-state index is 13.7. The highest BCUT2D eigenvalue weighted by atomic mass is 19.4. The summed E-state index contributed by atoms with van der Waals surface area (Å²) in [5.74, 6) is 5.29. The third kappa shape index (κ3) is 5.27. The monoisotopic (exact) mass is 488 g/mol. The first-order valence-corrected chi connectivity index (χ1v) is 9.95. The van der Waals surface area contributed by atoms with Crippen molar-refractivity contribution in [1.29, 1.82) is 0 Å². The molecule has 4 rings (SSSR count). The van der Waals surface area contributed by atoms with Crippen LogP contribution in [-0.2, 0) is 17.1 Å². The number of alkyl halides is 6. The fourth-order valence-electron chi connectivity index (χ4n) is 3.21. The summed E-state index contributed by atoms with van der Waals surface area (Å²) in [5, 5.41) is 6.36. The lowest BCUT2D eigenvalue weighted by atomic mass is 10.1. The molecule has 0 unspecified atom stereocenters. The van der Waals surface area contributed by atoms with Crippen LogP contribution in [0.1, 0.15) is 29.3 Å². The second-order valence-electron chi connectivity index (χ2n) is 7.40. The highest BCUT2D eigenvalue weighted by Gasteiger charge is 2.36. The van der Waals surface area contributed by atoms with Gasteiger partial charge < -0.3 is 5.32 Å². The van der Waals surface area contributed by atoms with Gasteiger partial charge in [-0.05, 0) is 42.5 Å². The summed E-state index contributed by atoms with van der Waals surface area (Å²) in [6.07, 6.45) is -8.26. The molecular formula is C24H14F6N4O. The Bertz CT molecular complexity index is 1460. The predicted molar refractivity (Wildman–Crippen MR) is 115 cm³/mol. The third-order valence-corrected chi connectivity index (χ3v) is 4.82. The third-order valence-electron chi connectivity index (χ3n) is 4.82. The van der Waals surface area contributed by atoms with E-state index < -0.39 is 23.6 Å². The van der Waals surface area contributed by atoms with E-state index in [9.17, 15) is 31.1 Å². The van der Waals surface area contributed by atoms with Crippen molar-refractivity contribution in [3.8, 4) is 23.1 Å². The molecule has 0 aliphatic heterocycles. The average Bonchev–Trinajstić information content (AvgIpc) is 3.19. The lowest BCUT2D eigenvalue weighted by Gasteiger charge is -2.12. The number of halogens is 6. The van der Waals surface area contributed by atoms with Crippen LogP contribution >= 0.6 is 0 Å². The number of amides is 1. The van der Waals surface area contributed by atoms with Crippen molar-refractivity contribution >= 4 is 17.2 Å². The van der Waals surface area contributed by atoms with Gasteiger partial charge in [-0.25, -0.2) is 9.50 Å². The number of nitrogens with zero attached hydrogens (tertiary/aromatic N) is 3. The van der Waals surface area contributed by atoms with E-state index in [0.29, 0.717) is 15.8 Å². The van der Waals surface area contributed by atoms with E-state index in [0.717, 1.165) is 36.5 Å². The fourth-order valence-corrected chi connectivity index (χ4v) is 3.21. The first-order valence-electron chi connectivity index (χ1n) is 9.95. The summed E-state index contributed by atoms with van der Waals surface area (Å²) in [4.78, 5) is 15.3. The van der Waals surface area contributed by atoms with Crippen LogP contribution in [-0.4, -0.2) is 20.5 Å². The van der Waals surface area contributed by atoms with E-state index in [1.165, 1.54) is 6.92 Å². The van der Waals surface area contributed by atoms with Crippen molar-refractivity contribution < 1.29 is 31.1 Å². The number of hydrogen-bond donors (Lipinski definition) is 1. The number of carbonyl (C=O) groups is 1. The molecule has 0 saturated heterocycles. The molecule has 2 aromatic carbocycles. The second kappa shape index (κ2) is 8.79. The molecule has 0 radical (unpaired) electrons. The van der Waals surface area contributed by atoms with Gasteiger partial charge in [-0.2, -0.15) is 31.4 Å². The van der Waals surface area contributed by atoms with E-state index in [2.05, 4.69) is 27.2 Å². The standard InChI is InChI=1S/C24H14F6N4O/c1-14(35)32-19-10-3-15(4-11-19)2-5-17-13-31-34-21(24(28,29)30)12-20(33-22(17)34)16-6-8-18(9-7-16)23(25,26)27/h3-4,6-13H,1H3,(H,32,35). The van der Waals surface area contributed by atoms with Crippen LogP contribution in [0.4, 0.5) is 32.0 Å². The van der Waals surface area contributed by atoms with E-state index in [-0.39, 0.29) is 28.4 Å². The number of nitrogens with one attached hydrogen (secondary N) is 1. The Morgan fingerprint density at radius 2 is 1.57 bits per heavy atom. The van der Waals surface area contributed by atoms with Crippen LogP contribution < -0.4 is 5.32 Å². The van der Waals surface area contributed by atoms with Gasteiger partial charge in [0.05, 0.1) is 23.0 Å². The van der Waals surface area contributed by atoms with E-state index in [4.69, 9.17) is 0 Å². The maximum atomic E-state index is 13.7. The first-order chi connectivity index (χ1) is 16.4. The normalized spacial score (nSPS) is 11.7. The zero-order valence-electron chi connectivity index (χ0n) is 17.8. The molecule has 5 nitrogen and oxygen atoms in total. The van der Waals surface area contributed by atoms with Gasteiger partial charge in [0.15, 0.2) is 11.3 Å². The summed E-state index contributed by atoms with van der Waals surface area (Å²) < 4.78 is 80.3. The Morgan fingerprint density at radius 3 is 2.14 bits per heavy atom. The molecule has 0 aliphatic rings. The number of rotatable bonds is 2. The van der Waals surface area contributed by atoms with Gasteiger partial charge in [0.25, 0.3) is 0 Å². The molecule has 0 saturated carbocycles. The van der Waals surface area contributed by atoms with Crippen LogP contribution in [0.2, 0.25) is 0 Å². The highest BCUT2D eigenvalue weighted by Crippen LogP contribution is 2.34. The Balaban J connectivity index is 1.77. The van der Waals surface area contributed by atoms with Crippen LogP contribution in [0, 0.1) is 11.8 Å². The van der Waals surface area contributed by atoms with Crippen molar-refractivity contribution in [2.24, 2.45) is 0 Å². The average molecular weight is 488 g/mol. The van der Waals surface area contributed by atoms with Gasteiger partial charge >= 0.3 is 12.4 Å².